The number of H-pyrrole nitrogens is 1. The number of ketones is 2. The second-order valence-electron chi connectivity index (χ2n) is 9.02. The number of carbonyl (C=O) groups excluding carboxylic acids is 2. The third-order valence-corrected chi connectivity index (χ3v) is 7.39. The highest BCUT2D eigenvalue weighted by atomic mass is 16.5. The Morgan fingerprint density at radius 2 is 1.87 bits per heavy atom. The Kier molecular flexibility index (Phi) is 4.29. The first-order valence-electron chi connectivity index (χ1n) is 11.2. The number of rotatable bonds is 6. The molecule has 3 heterocycles. The van der Waals surface area contributed by atoms with Crippen LogP contribution in [0.3, 0.4) is 0 Å². The average Bonchev–Trinajstić information content (AvgIpc) is 3.29. The van der Waals surface area contributed by atoms with Gasteiger partial charge in [-0.1, -0.05) is 19.1 Å². The minimum absolute atomic E-state index is 0.000591. The van der Waals surface area contributed by atoms with E-state index < -0.39 is 0 Å². The molecule has 1 aromatic heterocycles. The fourth-order valence-electron chi connectivity index (χ4n) is 5.55. The number of Topliss-reactive ketones (excluding diaryl/α,β-unsaturated/α-hetero) is 2. The Hall–Kier alpha value is -2.92. The molecule has 3 aliphatic rings. The van der Waals surface area contributed by atoms with Crippen LogP contribution in [0, 0.1) is 17.8 Å². The molecule has 2 fully saturated rings. The first kappa shape index (κ1) is 18.8. The number of hydrogen-bond donors (Lipinski definition) is 1. The van der Waals surface area contributed by atoms with Crippen LogP contribution in [0.25, 0.3) is 10.9 Å². The Bertz CT molecular complexity index is 1200. The van der Waals surface area contributed by atoms with Gasteiger partial charge in [-0.2, -0.15) is 0 Å². The van der Waals surface area contributed by atoms with Gasteiger partial charge in [0.15, 0.2) is 11.6 Å². The van der Waals surface area contributed by atoms with Gasteiger partial charge in [0.05, 0.1) is 25.4 Å². The monoisotopic (exact) mass is 415 g/mol. The smallest absolute Gasteiger partial charge is 0.166 e. The molecule has 0 amide bonds. The van der Waals surface area contributed by atoms with Crippen molar-refractivity contribution < 1.29 is 19.1 Å². The number of hydrogen-bond acceptors (Lipinski definition) is 4. The molecular formula is C26H25NO4. The Labute approximate surface area is 180 Å². The molecule has 4 atom stereocenters. The fraction of sp³-hybridized carbons (Fsp3) is 0.385. The lowest BCUT2D eigenvalue weighted by Crippen LogP contribution is -2.09. The van der Waals surface area contributed by atoms with Gasteiger partial charge in [-0.25, -0.2) is 0 Å². The summed E-state index contributed by atoms with van der Waals surface area (Å²) in [6.45, 7) is 3.89. The molecule has 5 heteroatoms. The molecule has 0 radical (unpaired) electrons. The number of fused-ring (bicyclic) bond motifs is 3. The minimum atomic E-state index is -0.000591. The van der Waals surface area contributed by atoms with Gasteiger partial charge in [0.2, 0.25) is 0 Å². The van der Waals surface area contributed by atoms with E-state index in [9.17, 15) is 9.59 Å². The topological polar surface area (TPSA) is 68.4 Å². The Morgan fingerprint density at radius 1 is 1.03 bits per heavy atom. The molecule has 1 saturated heterocycles. The van der Waals surface area contributed by atoms with Crippen molar-refractivity contribution in [3.8, 4) is 5.75 Å². The lowest BCUT2D eigenvalue weighted by molar-refractivity contribution is 0.0951. The van der Waals surface area contributed by atoms with E-state index in [1.54, 1.807) is 6.07 Å². The lowest BCUT2D eigenvalue weighted by Gasteiger charge is -2.14. The van der Waals surface area contributed by atoms with Gasteiger partial charge < -0.3 is 14.5 Å². The Balaban J connectivity index is 1.40. The molecule has 2 unspecified atom stereocenters. The summed E-state index contributed by atoms with van der Waals surface area (Å²) in [6, 6.07) is 12.0. The van der Waals surface area contributed by atoms with E-state index in [1.165, 1.54) is 0 Å². The summed E-state index contributed by atoms with van der Waals surface area (Å²) in [5.41, 5.74) is 4.37. The Morgan fingerprint density at radius 3 is 2.68 bits per heavy atom. The number of aromatic nitrogens is 1. The molecule has 1 N–H and O–H groups in total. The highest BCUT2D eigenvalue weighted by Crippen LogP contribution is 2.53. The summed E-state index contributed by atoms with van der Waals surface area (Å²) < 4.78 is 11.5. The standard InChI is InChI=1S/C26H25NO4/c1-2-24(28)19-9-14(25(29)10-17-20-11-30-12-21(17)20)8-18-22(13-31-26(18)19)15-4-3-5-23-16(15)6-7-27-23/h3-9,17,20-22,27H,2,10-13H2,1H3/t17?,20-,21+,22?. The van der Waals surface area contributed by atoms with Crippen molar-refractivity contribution in [2.45, 2.75) is 25.7 Å². The summed E-state index contributed by atoms with van der Waals surface area (Å²) in [4.78, 5) is 29.2. The van der Waals surface area contributed by atoms with Crippen LogP contribution in [0.1, 0.15) is 57.5 Å². The molecule has 158 valence electrons. The molecule has 1 saturated carbocycles. The largest absolute Gasteiger partial charge is 0.492 e. The van der Waals surface area contributed by atoms with Crippen LogP contribution in [0.4, 0.5) is 0 Å². The van der Waals surface area contributed by atoms with Crippen LogP contribution in [-0.4, -0.2) is 36.4 Å². The first-order valence-corrected chi connectivity index (χ1v) is 11.2. The van der Waals surface area contributed by atoms with Crippen LogP contribution < -0.4 is 4.74 Å². The van der Waals surface area contributed by atoms with E-state index in [1.807, 2.05) is 25.3 Å². The normalized spacial score (nSPS) is 25.8. The van der Waals surface area contributed by atoms with E-state index in [-0.39, 0.29) is 17.5 Å². The second-order valence-corrected chi connectivity index (χ2v) is 9.02. The van der Waals surface area contributed by atoms with Gasteiger partial charge in [0.25, 0.3) is 0 Å². The van der Waals surface area contributed by atoms with E-state index >= 15 is 0 Å². The third-order valence-electron chi connectivity index (χ3n) is 7.39. The quantitative estimate of drug-likeness (QED) is 0.590. The zero-order valence-corrected chi connectivity index (χ0v) is 17.5. The van der Waals surface area contributed by atoms with Gasteiger partial charge in [0.1, 0.15) is 5.75 Å². The molecule has 3 aromatic rings. The van der Waals surface area contributed by atoms with Gasteiger partial charge in [-0.3, -0.25) is 9.59 Å². The highest BCUT2D eigenvalue weighted by molar-refractivity contribution is 6.04. The number of benzene rings is 2. The van der Waals surface area contributed by atoms with Crippen molar-refractivity contribution >= 4 is 22.5 Å². The summed E-state index contributed by atoms with van der Waals surface area (Å²) in [6.07, 6.45) is 2.86. The molecular weight excluding hydrogens is 390 g/mol. The predicted molar refractivity (Wildman–Crippen MR) is 117 cm³/mol. The van der Waals surface area contributed by atoms with Crippen LogP contribution in [0.15, 0.2) is 42.6 Å². The predicted octanol–water partition coefficient (Wildman–Crippen LogP) is 4.75. The maximum Gasteiger partial charge on any atom is 0.166 e. The minimum Gasteiger partial charge on any atom is -0.492 e. The van der Waals surface area contributed by atoms with Crippen molar-refractivity contribution in [2.75, 3.05) is 19.8 Å². The highest BCUT2D eigenvalue weighted by Gasteiger charge is 2.54. The summed E-state index contributed by atoms with van der Waals surface area (Å²) >= 11 is 0. The third kappa shape index (κ3) is 2.94. The van der Waals surface area contributed by atoms with E-state index in [4.69, 9.17) is 9.47 Å². The number of nitrogens with one attached hydrogen (secondary N) is 1. The van der Waals surface area contributed by atoms with Crippen molar-refractivity contribution in [1.29, 1.82) is 0 Å². The van der Waals surface area contributed by atoms with Crippen molar-refractivity contribution in [3.05, 3.63) is 64.8 Å². The summed E-state index contributed by atoms with van der Waals surface area (Å²) in [7, 11) is 0. The maximum atomic E-state index is 13.2. The molecule has 2 aromatic carbocycles. The van der Waals surface area contributed by atoms with Gasteiger partial charge in [-0.15, -0.1) is 0 Å². The van der Waals surface area contributed by atoms with Gasteiger partial charge in [0, 0.05) is 47.0 Å². The van der Waals surface area contributed by atoms with Crippen LogP contribution in [0.5, 0.6) is 5.75 Å². The average molecular weight is 415 g/mol. The van der Waals surface area contributed by atoms with Crippen LogP contribution >= 0.6 is 0 Å². The molecule has 0 spiro atoms. The van der Waals surface area contributed by atoms with Crippen LogP contribution in [0.2, 0.25) is 0 Å². The number of aromatic amines is 1. The molecule has 0 bridgehead atoms. The lowest BCUT2D eigenvalue weighted by atomic mass is 9.87. The SMILES string of the molecule is CCC(=O)c1cc(C(=O)CC2[C@H]3COC[C@@H]23)cc2c1OCC2c1cccc2[nH]ccc12. The molecule has 5 nitrogen and oxygen atoms in total. The fourth-order valence-corrected chi connectivity index (χ4v) is 5.55. The summed E-state index contributed by atoms with van der Waals surface area (Å²) in [5.74, 6) is 2.30. The van der Waals surface area contributed by atoms with Crippen molar-refractivity contribution in [3.63, 3.8) is 0 Å². The van der Waals surface area contributed by atoms with Crippen molar-refractivity contribution in [2.24, 2.45) is 17.8 Å². The van der Waals surface area contributed by atoms with Crippen molar-refractivity contribution in [1.82, 2.24) is 4.98 Å². The molecule has 6 rings (SSSR count). The maximum absolute atomic E-state index is 13.2. The second kappa shape index (κ2) is 7.06. The van der Waals surface area contributed by atoms with E-state index in [2.05, 4.69) is 23.2 Å². The molecule has 31 heavy (non-hydrogen) atoms. The van der Waals surface area contributed by atoms with Crippen LogP contribution in [-0.2, 0) is 4.74 Å². The zero-order chi connectivity index (χ0) is 21.1. The molecule has 1 aliphatic carbocycles. The molecule has 2 aliphatic heterocycles. The van der Waals surface area contributed by atoms with E-state index in [0.29, 0.717) is 54.1 Å². The van der Waals surface area contributed by atoms with Gasteiger partial charge in [-0.05, 0) is 47.6 Å². The van der Waals surface area contributed by atoms with Gasteiger partial charge >= 0.3 is 0 Å². The number of ether oxygens (including phenoxy) is 2. The first-order chi connectivity index (χ1) is 15.2. The summed E-state index contributed by atoms with van der Waals surface area (Å²) in [5, 5.41) is 1.15. The zero-order valence-electron chi connectivity index (χ0n) is 17.5. The van der Waals surface area contributed by atoms with E-state index in [0.717, 1.165) is 35.2 Å². The number of carbonyl (C=O) groups is 2.